The SMILES string of the molecule is CCN(CCO)c1ccc(NC(C)c2nccs2)cc1. The molecule has 0 fully saturated rings. The first-order chi connectivity index (χ1) is 9.74. The van der Waals surface area contributed by atoms with Crippen molar-refractivity contribution in [3.8, 4) is 0 Å². The number of nitrogens with zero attached hydrogens (tertiary/aromatic N) is 2. The van der Waals surface area contributed by atoms with Crippen molar-refractivity contribution in [3.05, 3.63) is 40.8 Å². The number of thiazole rings is 1. The van der Waals surface area contributed by atoms with Crippen LogP contribution in [0.1, 0.15) is 24.9 Å². The van der Waals surface area contributed by atoms with Crippen LogP contribution >= 0.6 is 11.3 Å². The van der Waals surface area contributed by atoms with Crippen LogP contribution in [0, 0.1) is 0 Å². The van der Waals surface area contributed by atoms with E-state index in [0.717, 1.165) is 22.9 Å². The summed E-state index contributed by atoms with van der Waals surface area (Å²) >= 11 is 1.66. The number of hydrogen-bond acceptors (Lipinski definition) is 5. The van der Waals surface area contributed by atoms with Crippen LogP contribution in [0.2, 0.25) is 0 Å². The number of likely N-dealkylation sites (N-methyl/N-ethyl adjacent to an activating group) is 1. The molecule has 0 radical (unpaired) electrons. The minimum atomic E-state index is 0.176. The van der Waals surface area contributed by atoms with E-state index in [1.165, 1.54) is 0 Å². The molecule has 0 bridgehead atoms. The second-order valence-corrected chi connectivity index (χ2v) is 5.51. The Kier molecular flexibility index (Phi) is 5.38. The average Bonchev–Trinajstić information content (AvgIpc) is 3.00. The van der Waals surface area contributed by atoms with Gasteiger partial charge in [-0.05, 0) is 38.1 Å². The van der Waals surface area contributed by atoms with E-state index < -0.39 is 0 Å². The zero-order valence-electron chi connectivity index (χ0n) is 11.9. The molecule has 0 saturated heterocycles. The number of benzene rings is 1. The summed E-state index contributed by atoms with van der Waals surface area (Å²) in [6, 6.07) is 8.51. The molecule has 0 aliphatic carbocycles. The summed E-state index contributed by atoms with van der Waals surface area (Å²) in [7, 11) is 0. The number of anilines is 2. The van der Waals surface area contributed by atoms with Crippen molar-refractivity contribution >= 4 is 22.7 Å². The fourth-order valence-electron chi connectivity index (χ4n) is 2.12. The van der Waals surface area contributed by atoms with Crippen LogP contribution in [-0.4, -0.2) is 29.8 Å². The highest BCUT2D eigenvalue weighted by molar-refractivity contribution is 7.09. The van der Waals surface area contributed by atoms with Gasteiger partial charge >= 0.3 is 0 Å². The summed E-state index contributed by atoms with van der Waals surface area (Å²) in [4.78, 5) is 6.46. The summed E-state index contributed by atoms with van der Waals surface area (Å²) in [5, 5.41) is 15.6. The maximum Gasteiger partial charge on any atom is 0.115 e. The first-order valence-electron chi connectivity index (χ1n) is 6.86. The third kappa shape index (κ3) is 3.71. The first-order valence-corrected chi connectivity index (χ1v) is 7.74. The lowest BCUT2D eigenvalue weighted by Crippen LogP contribution is -2.25. The van der Waals surface area contributed by atoms with Crippen LogP contribution in [0.3, 0.4) is 0 Å². The number of nitrogens with one attached hydrogen (secondary N) is 1. The van der Waals surface area contributed by atoms with E-state index in [9.17, 15) is 0 Å². The molecular formula is C15H21N3OS. The molecule has 0 amide bonds. The molecule has 5 heteroatoms. The van der Waals surface area contributed by atoms with E-state index in [2.05, 4.69) is 53.3 Å². The highest BCUT2D eigenvalue weighted by Crippen LogP contribution is 2.23. The number of aliphatic hydroxyl groups excluding tert-OH is 1. The van der Waals surface area contributed by atoms with Crippen LogP contribution in [0.4, 0.5) is 11.4 Å². The Bertz CT molecular complexity index is 498. The minimum absolute atomic E-state index is 0.176. The highest BCUT2D eigenvalue weighted by Gasteiger charge is 2.08. The fraction of sp³-hybridized carbons (Fsp3) is 0.400. The predicted octanol–water partition coefficient (Wildman–Crippen LogP) is 3.13. The van der Waals surface area contributed by atoms with Gasteiger partial charge in [-0.3, -0.25) is 0 Å². The van der Waals surface area contributed by atoms with Crippen molar-refractivity contribution in [2.45, 2.75) is 19.9 Å². The highest BCUT2D eigenvalue weighted by atomic mass is 32.1. The van der Waals surface area contributed by atoms with Gasteiger partial charge in [0, 0.05) is 36.0 Å². The van der Waals surface area contributed by atoms with Gasteiger partial charge in [-0.25, -0.2) is 4.98 Å². The molecule has 1 aromatic carbocycles. The minimum Gasteiger partial charge on any atom is -0.395 e. The molecule has 4 nitrogen and oxygen atoms in total. The van der Waals surface area contributed by atoms with Crippen molar-refractivity contribution < 1.29 is 5.11 Å². The Balaban J connectivity index is 2.01. The molecule has 1 aromatic heterocycles. The van der Waals surface area contributed by atoms with Crippen molar-refractivity contribution in [1.29, 1.82) is 0 Å². The maximum atomic E-state index is 9.05. The summed E-state index contributed by atoms with van der Waals surface area (Å²) in [6.07, 6.45) is 1.83. The van der Waals surface area contributed by atoms with E-state index in [1.54, 1.807) is 11.3 Å². The first kappa shape index (κ1) is 14.8. The van der Waals surface area contributed by atoms with Crippen molar-refractivity contribution in [1.82, 2.24) is 4.98 Å². The van der Waals surface area contributed by atoms with Crippen molar-refractivity contribution in [3.63, 3.8) is 0 Å². The van der Waals surface area contributed by atoms with Gasteiger partial charge in [0.15, 0.2) is 0 Å². The van der Waals surface area contributed by atoms with E-state index in [1.807, 2.05) is 11.6 Å². The predicted molar refractivity (Wildman–Crippen MR) is 85.6 cm³/mol. The standard InChI is InChI=1S/C15H21N3OS/c1-3-18(9-10-19)14-6-4-13(5-7-14)17-12(2)15-16-8-11-20-15/h4-8,11-12,17,19H,3,9-10H2,1-2H3. The summed E-state index contributed by atoms with van der Waals surface area (Å²) in [5.41, 5.74) is 2.21. The lowest BCUT2D eigenvalue weighted by Gasteiger charge is -2.22. The van der Waals surface area contributed by atoms with E-state index in [4.69, 9.17) is 5.11 Å². The Labute approximate surface area is 124 Å². The normalized spacial score (nSPS) is 12.2. The molecule has 0 aliphatic rings. The largest absolute Gasteiger partial charge is 0.395 e. The summed E-state index contributed by atoms with van der Waals surface area (Å²) in [5.74, 6) is 0. The summed E-state index contributed by atoms with van der Waals surface area (Å²) < 4.78 is 0. The molecule has 2 rings (SSSR count). The molecule has 20 heavy (non-hydrogen) atoms. The molecule has 1 heterocycles. The van der Waals surface area contributed by atoms with Gasteiger partial charge in [-0.1, -0.05) is 0 Å². The Hall–Kier alpha value is -1.59. The van der Waals surface area contributed by atoms with Crippen LogP contribution < -0.4 is 10.2 Å². The van der Waals surface area contributed by atoms with Crippen LogP contribution in [0.15, 0.2) is 35.8 Å². The topological polar surface area (TPSA) is 48.4 Å². The van der Waals surface area contributed by atoms with Crippen LogP contribution in [0.5, 0.6) is 0 Å². The van der Waals surface area contributed by atoms with Gasteiger partial charge < -0.3 is 15.3 Å². The molecule has 2 N–H and O–H groups in total. The monoisotopic (exact) mass is 291 g/mol. The molecule has 0 saturated carbocycles. The lowest BCUT2D eigenvalue weighted by molar-refractivity contribution is 0.302. The van der Waals surface area contributed by atoms with Gasteiger partial charge in [-0.15, -0.1) is 11.3 Å². The Morgan fingerprint density at radius 3 is 2.65 bits per heavy atom. The Morgan fingerprint density at radius 1 is 1.35 bits per heavy atom. The second kappa shape index (κ2) is 7.26. The molecule has 2 aromatic rings. The number of hydrogen-bond donors (Lipinski definition) is 2. The van der Waals surface area contributed by atoms with Crippen molar-refractivity contribution in [2.24, 2.45) is 0 Å². The average molecular weight is 291 g/mol. The van der Waals surface area contributed by atoms with E-state index in [0.29, 0.717) is 6.54 Å². The summed E-state index contributed by atoms with van der Waals surface area (Å²) in [6.45, 7) is 5.93. The molecule has 1 unspecified atom stereocenters. The van der Waals surface area contributed by atoms with Crippen molar-refractivity contribution in [2.75, 3.05) is 29.9 Å². The number of aromatic nitrogens is 1. The van der Waals surface area contributed by atoms with Gasteiger partial charge in [-0.2, -0.15) is 0 Å². The smallest absolute Gasteiger partial charge is 0.115 e. The van der Waals surface area contributed by atoms with Crippen LogP contribution in [-0.2, 0) is 0 Å². The van der Waals surface area contributed by atoms with E-state index in [-0.39, 0.29) is 12.6 Å². The molecular weight excluding hydrogens is 270 g/mol. The van der Waals surface area contributed by atoms with Gasteiger partial charge in [0.2, 0.25) is 0 Å². The van der Waals surface area contributed by atoms with Gasteiger partial charge in [0.05, 0.1) is 12.6 Å². The number of aliphatic hydroxyl groups is 1. The zero-order chi connectivity index (χ0) is 14.4. The number of rotatable bonds is 7. The lowest BCUT2D eigenvalue weighted by atomic mass is 10.2. The van der Waals surface area contributed by atoms with Gasteiger partial charge in [0.1, 0.15) is 5.01 Å². The fourth-order valence-corrected chi connectivity index (χ4v) is 2.76. The van der Waals surface area contributed by atoms with Crippen LogP contribution in [0.25, 0.3) is 0 Å². The van der Waals surface area contributed by atoms with E-state index >= 15 is 0 Å². The molecule has 0 spiro atoms. The van der Waals surface area contributed by atoms with Gasteiger partial charge in [0.25, 0.3) is 0 Å². The molecule has 1 atom stereocenters. The Morgan fingerprint density at radius 2 is 2.10 bits per heavy atom. The third-order valence-electron chi connectivity index (χ3n) is 3.19. The molecule has 0 aliphatic heterocycles. The zero-order valence-corrected chi connectivity index (χ0v) is 12.7. The second-order valence-electron chi connectivity index (χ2n) is 4.59. The quantitative estimate of drug-likeness (QED) is 0.823. The third-order valence-corrected chi connectivity index (χ3v) is 4.15. The maximum absolute atomic E-state index is 9.05. The molecule has 108 valence electrons.